The summed E-state index contributed by atoms with van der Waals surface area (Å²) in [5, 5.41) is 2.98. The number of rotatable bonds is 3. The summed E-state index contributed by atoms with van der Waals surface area (Å²) < 4.78 is 5.95. The van der Waals surface area contributed by atoms with Crippen molar-refractivity contribution in [1.29, 1.82) is 0 Å². The summed E-state index contributed by atoms with van der Waals surface area (Å²) in [5.41, 5.74) is 0.0592. The monoisotopic (exact) mass is 343 g/mol. The van der Waals surface area contributed by atoms with Gasteiger partial charge in [0.05, 0.1) is 12.5 Å². The van der Waals surface area contributed by atoms with Crippen molar-refractivity contribution in [3.05, 3.63) is 61.9 Å². The molecule has 0 aliphatic carbocycles. The fourth-order valence-corrected chi connectivity index (χ4v) is 3.18. The summed E-state index contributed by atoms with van der Waals surface area (Å²) in [5.74, 6) is 0.472. The number of ether oxygens (including phenoxy) is 1. The molecule has 1 unspecified atom stereocenters. The van der Waals surface area contributed by atoms with Gasteiger partial charge in [0.2, 0.25) is 5.91 Å². The summed E-state index contributed by atoms with van der Waals surface area (Å²) in [4.78, 5) is 40.3. The van der Waals surface area contributed by atoms with Crippen LogP contribution in [0.1, 0.15) is 43.1 Å². The van der Waals surface area contributed by atoms with E-state index < -0.39 is 16.9 Å². The zero-order valence-electron chi connectivity index (χ0n) is 14.4. The lowest BCUT2D eigenvalue weighted by Crippen LogP contribution is -2.42. The molecule has 7 heteroatoms. The van der Waals surface area contributed by atoms with E-state index in [-0.39, 0.29) is 23.9 Å². The number of carbonyl (C=O) groups excluding carboxylic acids is 1. The van der Waals surface area contributed by atoms with Gasteiger partial charge in [0.1, 0.15) is 11.4 Å². The zero-order valence-corrected chi connectivity index (χ0v) is 14.4. The molecule has 1 aromatic carbocycles. The van der Waals surface area contributed by atoms with Crippen molar-refractivity contribution in [2.75, 3.05) is 0 Å². The van der Waals surface area contributed by atoms with Crippen molar-refractivity contribution >= 4 is 5.91 Å². The minimum Gasteiger partial charge on any atom is -0.487 e. The van der Waals surface area contributed by atoms with Gasteiger partial charge in [0, 0.05) is 23.2 Å². The van der Waals surface area contributed by atoms with Crippen molar-refractivity contribution in [2.45, 2.75) is 45.3 Å². The molecule has 1 atom stereocenters. The Kier molecular flexibility index (Phi) is 4.24. The molecule has 0 bridgehead atoms. The molecule has 2 aromatic rings. The summed E-state index contributed by atoms with van der Waals surface area (Å²) in [7, 11) is 0. The Hall–Kier alpha value is -2.83. The topological polar surface area (TPSA) is 104 Å². The molecule has 0 spiro atoms. The second-order valence-electron chi connectivity index (χ2n) is 6.91. The SMILES string of the molecule is Cc1[nH]c(=O)[nH]c(=O)c1CC(=O)NC1CC(C)(C)Oc2ccccc21. The predicted molar refractivity (Wildman–Crippen MR) is 92.8 cm³/mol. The summed E-state index contributed by atoms with van der Waals surface area (Å²) in [6.07, 6.45) is 0.522. The van der Waals surface area contributed by atoms with Crippen LogP contribution in [0.5, 0.6) is 5.75 Å². The number of carbonyl (C=O) groups is 1. The lowest BCUT2D eigenvalue weighted by molar-refractivity contribution is -0.121. The van der Waals surface area contributed by atoms with Crippen molar-refractivity contribution in [2.24, 2.45) is 0 Å². The number of hydrogen-bond donors (Lipinski definition) is 3. The highest BCUT2D eigenvalue weighted by molar-refractivity contribution is 5.79. The first-order valence-electron chi connectivity index (χ1n) is 8.14. The van der Waals surface area contributed by atoms with Gasteiger partial charge in [-0.2, -0.15) is 0 Å². The van der Waals surface area contributed by atoms with Crippen molar-refractivity contribution in [3.63, 3.8) is 0 Å². The van der Waals surface area contributed by atoms with Crippen LogP contribution >= 0.6 is 0 Å². The minimum atomic E-state index is -0.577. The summed E-state index contributed by atoms with van der Waals surface area (Å²) in [6.45, 7) is 5.55. The zero-order chi connectivity index (χ0) is 18.2. The first-order chi connectivity index (χ1) is 11.7. The minimum absolute atomic E-state index is 0.0993. The maximum atomic E-state index is 12.5. The molecule has 1 aromatic heterocycles. The Morgan fingerprint density at radius 2 is 2.00 bits per heavy atom. The molecule has 0 fully saturated rings. The van der Waals surface area contributed by atoms with Crippen LogP contribution in [0.15, 0.2) is 33.9 Å². The largest absolute Gasteiger partial charge is 0.487 e. The van der Waals surface area contributed by atoms with Crippen molar-refractivity contribution in [1.82, 2.24) is 15.3 Å². The standard InChI is InChI=1S/C18H21N3O4/c1-10-12(16(23)21-17(24)19-10)8-15(22)20-13-9-18(2,3)25-14-7-5-4-6-11(13)14/h4-7,13H,8-9H2,1-3H3,(H,20,22)(H2,19,21,23,24). The molecule has 2 heterocycles. The molecule has 25 heavy (non-hydrogen) atoms. The molecule has 3 rings (SSSR count). The van der Waals surface area contributed by atoms with Gasteiger partial charge in [-0.3, -0.25) is 14.6 Å². The molecule has 0 radical (unpaired) electrons. The molecule has 7 nitrogen and oxygen atoms in total. The molecule has 3 N–H and O–H groups in total. The maximum Gasteiger partial charge on any atom is 0.325 e. The van der Waals surface area contributed by atoms with Crippen LogP contribution < -0.4 is 21.3 Å². The quantitative estimate of drug-likeness (QED) is 0.782. The van der Waals surface area contributed by atoms with Crippen molar-refractivity contribution in [3.8, 4) is 5.75 Å². The third-order valence-electron chi connectivity index (χ3n) is 4.30. The van der Waals surface area contributed by atoms with E-state index in [1.54, 1.807) is 6.92 Å². The van der Waals surface area contributed by atoms with Gasteiger partial charge in [-0.25, -0.2) is 4.79 Å². The second-order valence-corrected chi connectivity index (χ2v) is 6.91. The van der Waals surface area contributed by atoms with Crippen LogP contribution in [0.3, 0.4) is 0 Å². The third kappa shape index (κ3) is 3.65. The smallest absolute Gasteiger partial charge is 0.325 e. The number of fused-ring (bicyclic) bond motifs is 1. The number of amides is 1. The number of aryl methyl sites for hydroxylation is 1. The highest BCUT2D eigenvalue weighted by atomic mass is 16.5. The Morgan fingerprint density at radius 3 is 2.72 bits per heavy atom. The van der Waals surface area contributed by atoms with E-state index in [2.05, 4.69) is 15.3 Å². The normalized spacial score (nSPS) is 18.1. The number of aromatic amines is 2. The van der Waals surface area contributed by atoms with Crippen LogP contribution in [0, 0.1) is 6.92 Å². The van der Waals surface area contributed by atoms with E-state index in [4.69, 9.17) is 4.74 Å². The Balaban J connectivity index is 1.82. The fraction of sp³-hybridized carbons (Fsp3) is 0.389. The second kappa shape index (κ2) is 6.23. The van der Waals surface area contributed by atoms with Gasteiger partial charge in [0.15, 0.2) is 0 Å². The Bertz CT molecular complexity index is 926. The van der Waals surface area contributed by atoms with E-state index in [9.17, 15) is 14.4 Å². The molecule has 0 saturated carbocycles. The first-order valence-corrected chi connectivity index (χ1v) is 8.14. The van der Waals surface area contributed by atoms with Crippen LogP contribution in [-0.2, 0) is 11.2 Å². The first kappa shape index (κ1) is 17.0. The number of aromatic nitrogens is 2. The highest BCUT2D eigenvalue weighted by Gasteiger charge is 2.34. The Labute approximate surface area is 144 Å². The lowest BCUT2D eigenvalue weighted by atomic mass is 9.89. The van der Waals surface area contributed by atoms with Crippen LogP contribution in [0.25, 0.3) is 0 Å². The van der Waals surface area contributed by atoms with Gasteiger partial charge in [-0.05, 0) is 26.8 Å². The van der Waals surface area contributed by atoms with Crippen LogP contribution in [-0.4, -0.2) is 21.5 Å². The highest BCUT2D eigenvalue weighted by Crippen LogP contribution is 2.39. The predicted octanol–water partition coefficient (Wildman–Crippen LogP) is 1.33. The molecular formula is C18H21N3O4. The maximum absolute atomic E-state index is 12.5. The van der Waals surface area contributed by atoms with Gasteiger partial charge < -0.3 is 15.0 Å². The van der Waals surface area contributed by atoms with Crippen LogP contribution in [0.4, 0.5) is 0 Å². The molecule has 1 aliphatic rings. The van der Waals surface area contributed by atoms with E-state index in [1.165, 1.54) is 0 Å². The Morgan fingerprint density at radius 1 is 1.28 bits per heavy atom. The number of H-pyrrole nitrogens is 2. The van der Waals surface area contributed by atoms with Gasteiger partial charge in [0.25, 0.3) is 5.56 Å². The number of nitrogens with one attached hydrogen (secondary N) is 3. The van der Waals surface area contributed by atoms with Gasteiger partial charge in [-0.15, -0.1) is 0 Å². The average Bonchev–Trinajstić information content (AvgIpc) is 2.49. The molecular weight excluding hydrogens is 322 g/mol. The molecule has 1 amide bonds. The van der Waals surface area contributed by atoms with Gasteiger partial charge in [-0.1, -0.05) is 18.2 Å². The summed E-state index contributed by atoms with van der Waals surface area (Å²) in [6, 6.07) is 7.40. The van der Waals surface area contributed by atoms with E-state index in [0.717, 1.165) is 11.3 Å². The molecule has 1 aliphatic heterocycles. The number of para-hydroxylation sites is 1. The molecule has 0 saturated heterocycles. The van der Waals surface area contributed by atoms with Crippen molar-refractivity contribution < 1.29 is 9.53 Å². The average molecular weight is 343 g/mol. The lowest BCUT2D eigenvalue weighted by Gasteiger charge is -2.37. The summed E-state index contributed by atoms with van der Waals surface area (Å²) >= 11 is 0. The van der Waals surface area contributed by atoms with E-state index in [1.807, 2.05) is 38.1 Å². The van der Waals surface area contributed by atoms with E-state index >= 15 is 0 Å². The molecule has 132 valence electrons. The fourth-order valence-electron chi connectivity index (χ4n) is 3.18. The van der Waals surface area contributed by atoms with E-state index in [0.29, 0.717) is 12.1 Å². The third-order valence-corrected chi connectivity index (χ3v) is 4.30. The number of hydrogen-bond acceptors (Lipinski definition) is 4. The van der Waals surface area contributed by atoms with Gasteiger partial charge >= 0.3 is 5.69 Å². The number of benzene rings is 1. The van der Waals surface area contributed by atoms with Crippen LogP contribution in [0.2, 0.25) is 0 Å².